The number of carbonyl (C=O) groups excluding carboxylic acids is 1. The molecule has 0 bridgehead atoms. The Morgan fingerprint density at radius 3 is 2.88 bits per heavy atom. The Morgan fingerprint density at radius 2 is 2.04 bits per heavy atom. The van der Waals surface area contributed by atoms with Gasteiger partial charge in [-0.2, -0.15) is 4.80 Å². The quantitative estimate of drug-likeness (QED) is 0.581. The van der Waals surface area contributed by atoms with Gasteiger partial charge in [0.25, 0.3) is 0 Å². The highest BCUT2D eigenvalue weighted by atomic mass is 19.1. The van der Waals surface area contributed by atoms with Crippen molar-refractivity contribution >= 4 is 16.7 Å². The van der Waals surface area contributed by atoms with Crippen LogP contribution in [0.3, 0.4) is 0 Å². The third kappa shape index (κ3) is 2.80. The molecule has 2 aromatic heterocycles. The van der Waals surface area contributed by atoms with E-state index in [1.54, 1.807) is 12.1 Å². The summed E-state index contributed by atoms with van der Waals surface area (Å²) in [5, 5.41) is 12.9. The van der Waals surface area contributed by atoms with Gasteiger partial charge in [-0.05, 0) is 30.3 Å². The van der Waals surface area contributed by atoms with Crippen LogP contribution in [0.2, 0.25) is 0 Å². The van der Waals surface area contributed by atoms with Gasteiger partial charge in [0.1, 0.15) is 12.4 Å². The number of benzene rings is 2. The highest BCUT2D eigenvalue weighted by Gasteiger charge is 2.17. The topological polar surface area (TPSA) is 76.5 Å². The number of halogens is 1. The number of carbonyl (C=O) groups is 1. The van der Waals surface area contributed by atoms with E-state index in [-0.39, 0.29) is 24.0 Å². The zero-order chi connectivity index (χ0) is 17.4. The first kappa shape index (κ1) is 15.2. The summed E-state index contributed by atoms with van der Waals surface area (Å²) in [7, 11) is 0. The maximum atomic E-state index is 13.3. The monoisotopic (exact) mass is 335 g/mol. The average Bonchev–Trinajstić information content (AvgIpc) is 3.18. The fourth-order valence-corrected chi connectivity index (χ4v) is 2.90. The lowest BCUT2D eigenvalue weighted by Crippen LogP contribution is -2.14. The molecule has 0 unspecified atom stereocenters. The van der Waals surface area contributed by atoms with Crippen LogP contribution in [0.4, 0.5) is 4.39 Å². The van der Waals surface area contributed by atoms with E-state index in [2.05, 4.69) is 20.4 Å². The molecule has 0 spiro atoms. The number of ketones is 1. The van der Waals surface area contributed by atoms with E-state index in [0.717, 1.165) is 16.6 Å². The number of nitrogens with zero attached hydrogens (tertiary/aromatic N) is 4. The van der Waals surface area contributed by atoms with E-state index in [0.29, 0.717) is 11.1 Å². The summed E-state index contributed by atoms with van der Waals surface area (Å²) in [4.78, 5) is 17.1. The van der Waals surface area contributed by atoms with Crippen LogP contribution in [0.1, 0.15) is 16.1 Å². The van der Waals surface area contributed by atoms with Gasteiger partial charge < -0.3 is 4.98 Å². The maximum absolute atomic E-state index is 13.3. The summed E-state index contributed by atoms with van der Waals surface area (Å²) in [6, 6.07) is 13.6. The molecule has 0 radical (unpaired) electrons. The summed E-state index contributed by atoms with van der Waals surface area (Å²) in [5.74, 6) is -0.208. The van der Waals surface area contributed by atoms with Crippen molar-refractivity contribution in [2.24, 2.45) is 0 Å². The van der Waals surface area contributed by atoms with Gasteiger partial charge in [0, 0.05) is 27.7 Å². The van der Waals surface area contributed by atoms with E-state index in [1.165, 1.54) is 16.9 Å². The zero-order valence-electron chi connectivity index (χ0n) is 13.4. The molecule has 1 N–H and O–H groups in total. The first-order valence-electron chi connectivity index (χ1n) is 7.76. The van der Waals surface area contributed by atoms with Crippen molar-refractivity contribution in [1.82, 2.24) is 25.2 Å². The number of hydrogen-bond donors (Lipinski definition) is 1. The largest absolute Gasteiger partial charge is 0.358 e. The minimum atomic E-state index is -0.376. The van der Waals surface area contributed by atoms with Crippen molar-refractivity contribution in [3.05, 3.63) is 65.6 Å². The molecule has 0 saturated heterocycles. The third-order valence-corrected chi connectivity index (χ3v) is 3.99. The number of aromatic amines is 1. The Bertz CT molecular complexity index is 1080. The van der Waals surface area contributed by atoms with E-state index in [9.17, 15) is 9.18 Å². The fraction of sp³-hybridized carbons (Fsp3) is 0.111. The molecule has 0 aliphatic heterocycles. The van der Waals surface area contributed by atoms with Crippen molar-refractivity contribution in [2.75, 3.05) is 0 Å². The highest BCUT2D eigenvalue weighted by Crippen LogP contribution is 2.22. The number of hydrogen-bond acceptors (Lipinski definition) is 4. The fourth-order valence-electron chi connectivity index (χ4n) is 2.90. The van der Waals surface area contributed by atoms with Gasteiger partial charge in [0.2, 0.25) is 5.82 Å². The van der Waals surface area contributed by atoms with Crippen molar-refractivity contribution in [2.45, 2.75) is 13.5 Å². The average molecular weight is 335 g/mol. The number of H-pyrrole nitrogens is 1. The van der Waals surface area contributed by atoms with Crippen LogP contribution >= 0.6 is 0 Å². The van der Waals surface area contributed by atoms with Crippen LogP contribution in [-0.4, -0.2) is 31.0 Å². The van der Waals surface area contributed by atoms with Gasteiger partial charge in [0.05, 0.1) is 0 Å². The number of rotatable bonds is 4. The maximum Gasteiger partial charge on any atom is 0.205 e. The second-order valence-electron chi connectivity index (χ2n) is 5.75. The van der Waals surface area contributed by atoms with Crippen molar-refractivity contribution < 1.29 is 9.18 Å². The van der Waals surface area contributed by atoms with Gasteiger partial charge >= 0.3 is 0 Å². The molecule has 25 heavy (non-hydrogen) atoms. The first-order chi connectivity index (χ1) is 12.1. The molecule has 2 aromatic carbocycles. The predicted molar refractivity (Wildman–Crippen MR) is 90.6 cm³/mol. The summed E-state index contributed by atoms with van der Waals surface area (Å²) < 4.78 is 13.3. The summed E-state index contributed by atoms with van der Waals surface area (Å²) in [6.07, 6.45) is 0. The van der Waals surface area contributed by atoms with E-state index in [1.807, 2.05) is 31.2 Å². The Balaban J connectivity index is 1.62. The number of para-hydroxylation sites is 1. The zero-order valence-corrected chi connectivity index (χ0v) is 13.4. The van der Waals surface area contributed by atoms with Crippen LogP contribution in [0.25, 0.3) is 22.3 Å². The number of aromatic nitrogens is 5. The van der Waals surface area contributed by atoms with Crippen LogP contribution in [0.5, 0.6) is 0 Å². The van der Waals surface area contributed by atoms with Crippen LogP contribution in [0, 0.1) is 12.7 Å². The Labute approximate surface area is 142 Å². The van der Waals surface area contributed by atoms with Gasteiger partial charge in [-0.25, -0.2) is 4.39 Å². The molecule has 4 aromatic rings. The van der Waals surface area contributed by atoms with Crippen LogP contribution in [-0.2, 0) is 6.54 Å². The van der Waals surface area contributed by atoms with E-state index < -0.39 is 0 Å². The normalized spacial score (nSPS) is 11.1. The lowest BCUT2D eigenvalue weighted by atomic mass is 10.1. The van der Waals surface area contributed by atoms with E-state index >= 15 is 0 Å². The van der Waals surface area contributed by atoms with E-state index in [4.69, 9.17) is 0 Å². The molecule has 7 heteroatoms. The number of tetrazole rings is 1. The summed E-state index contributed by atoms with van der Waals surface area (Å²) in [5.41, 5.74) is 2.86. The molecular formula is C18H14FN5O. The molecule has 124 valence electrons. The second-order valence-corrected chi connectivity index (χ2v) is 5.75. The minimum absolute atomic E-state index is 0.0367. The van der Waals surface area contributed by atoms with Crippen molar-refractivity contribution in [3.63, 3.8) is 0 Å². The molecule has 6 nitrogen and oxygen atoms in total. The smallest absolute Gasteiger partial charge is 0.205 e. The molecule has 0 saturated carbocycles. The molecule has 0 fully saturated rings. The predicted octanol–water partition coefficient (Wildman–Crippen LogP) is 3.15. The summed E-state index contributed by atoms with van der Waals surface area (Å²) >= 11 is 0. The van der Waals surface area contributed by atoms with Gasteiger partial charge in [-0.1, -0.05) is 30.3 Å². The number of fused-ring (bicyclic) bond motifs is 1. The SMILES string of the molecule is Cc1[nH]c2ccccc2c1C(=O)Cn1nnc(-c2cccc(F)c2)n1. The minimum Gasteiger partial charge on any atom is -0.358 e. The Kier molecular flexibility index (Phi) is 3.61. The molecule has 2 heterocycles. The Hall–Kier alpha value is -3.35. The molecular weight excluding hydrogens is 321 g/mol. The molecule has 0 aliphatic rings. The van der Waals surface area contributed by atoms with Crippen LogP contribution in [0.15, 0.2) is 48.5 Å². The lowest BCUT2D eigenvalue weighted by Gasteiger charge is -2.00. The highest BCUT2D eigenvalue weighted by molar-refractivity contribution is 6.09. The lowest BCUT2D eigenvalue weighted by molar-refractivity contribution is 0.0962. The first-order valence-corrected chi connectivity index (χ1v) is 7.76. The number of nitrogens with one attached hydrogen (secondary N) is 1. The summed E-state index contributed by atoms with van der Waals surface area (Å²) in [6.45, 7) is 1.82. The van der Waals surface area contributed by atoms with Crippen molar-refractivity contribution in [1.29, 1.82) is 0 Å². The van der Waals surface area contributed by atoms with Gasteiger partial charge in [-0.3, -0.25) is 4.79 Å². The Morgan fingerprint density at radius 1 is 1.20 bits per heavy atom. The van der Waals surface area contributed by atoms with Gasteiger partial charge in [-0.15, -0.1) is 10.2 Å². The second kappa shape index (κ2) is 5.94. The molecule has 0 amide bonds. The number of aryl methyl sites for hydroxylation is 1. The van der Waals surface area contributed by atoms with Crippen LogP contribution < -0.4 is 0 Å². The molecule has 0 aliphatic carbocycles. The van der Waals surface area contributed by atoms with Gasteiger partial charge in [0.15, 0.2) is 5.78 Å². The molecule has 0 atom stereocenters. The third-order valence-electron chi connectivity index (χ3n) is 3.99. The molecule has 4 rings (SSSR count). The standard InChI is InChI=1S/C18H14FN5O/c1-11-17(14-7-2-3-8-15(14)20-11)16(25)10-24-22-18(21-23-24)12-5-4-6-13(19)9-12/h2-9,20H,10H2,1H3. The van der Waals surface area contributed by atoms with Crippen molar-refractivity contribution in [3.8, 4) is 11.4 Å². The number of Topliss-reactive ketones (excluding diaryl/α,β-unsaturated/α-hetero) is 1.